The summed E-state index contributed by atoms with van der Waals surface area (Å²) in [6, 6.07) is 17.6. The second-order valence-corrected chi connectivity index (χ2v) is 8.40. The Morgan fingerprint density at radius 2 is 1.68 bits per heavy atom. The number of carbonyl (C=O) groups is 2. The van der Waals surface area contributed by atoms with Crippen LogP contribution < -0.4 is 14.8 Å². The summed E-state index contributed by atoms with van der Waals surface area (Å²) in [6.45, 7) is 1.67. The van der Waals surface area contributed by atoms with Gasteiger partial charge in [-0.15, -0.1) is 0 Å². The van der Waals surface area contributed by atoms with Crippen LogP contribution in [0.15, 0.2) is 66.9 Å². The number of amides is 1. The highest BCUT2D eigenvalue weighted by Crippen LogP contribution is 2.40. The molecule has 5 rings (SSSR count). The van der Waals surface area contributed by atoms with Gasteiger partial charge in [-0.25, -0.2) is 4.79 Å². The van der Waals surface area contributed by atoms with Crippen LogP contribution in [0, 0.1) is 0 Å². The molecular weight excluding hydrogens is 456 g/mol. The minimum Gasteiger partial charge on any atom is -0.486 e. The van der Waals surface area contributed by atoms with Gasteiger partial charge < -0.3 is 24.5 Å². The van der Waals surface area contributed by atoms with E-state index < -0.39 is 5.97 Å². The number of benzene rings is 3. The number of ether oxygens (including phenoxy) is 2. The van der Waals surface area contributed by atoms with Gasteiger partial charge in [0.25, 0.3) is 5.91 Å². The zero-order valence-electron chi connectivity index (χ0n) is 18.1. The summed E-state index contributed by atoms with van der Waals surface area (Å²) in [5, 5.41) is 13.5. The summed E-state index contributed by atoms with van der Waals surface area (Å²) < 4.78 is 13.7. The summed E-state index contributed by atoms with van der Waals surface area (Å²) >= 11 is 6.02. The molecule has 7 nitrogen and oxygen atoms in total. The summed E-state index contributed by atoms with van der Waals surface area (Å²) in [5.74, 6) is -0.0769. The Labute approximate surface area is 200 Å². The lowest BCUT2D eigenvalue weighted by atomic mass is 10.1. The molecule has 0 aliphatic carbocycles. The average Bonchev–Trinajstić information content (AvgIpc) is 3.27. The highest BCUT2D eigenvalue weighted by atomic mass is 35.5. The van der Waals surface area contributed by atoms with Crippen molar-refractivity contribution in [2.24, 2.45) is 0 Å². The van der Waals surface area contributed by atoms with Crippen molar-refractivity contribution in [1.29, 1.82) is 0 Å². The summed E-state index contributed by atoms with van der Waals surface area (Å²) in [5.41, 5.74) is 3.26. The van der Waals surface area contributed by atoms with E-state index in [2.05, 4.69) is 5.32 Å². The fourth-order valence-electron chi connectivity index (χ4n) is 4.04. The van der Waals surface area contributed by atoms with Gasteiger partial charge >= 0.3 is 5.97 Å². The van der Waals surface area contributed by atoms with Crippen LogP contribution in [-0.4, -0.2) is 34.8 Å². The first-order valence-corrected chi connectivity index (χ1v) is 11.1. The number of nitrogens with zero attached hydrogens (tertiary/aromatic N) is 1. The number of carboxylic acid groups (broad SMARTS) is 1. The predicted octanol–water partition coefficient (Wildman–Crippen LogP) is 4.74. The maximum atomic E-state index is 13.3. The maximum Gasteiger partial charge on any atom is 0.335 e. The fraction of sp³-hybridized carbons (Fsp3) is 0.154. The predicted molar refractivity (Wildman–Crippen MR) is 128 cm³/mol. The van der Waals surface area contributed by atoms with Crippen LogP contribution in [0.25, 0.3) is 10.9 Å². The number of hydrogen-bond acceptors (Lipinski definition) is 4. The minimum absolute atomic E-state index is 0.198. The van der Waals surface area contributed by atoms with Crippen LogP contribution in [0.1, 0.15) is 31.8 Å². The van der Waals surface area contributed by atoms with Crippen LogP contribution >= 0.6 is 11.6 Å². The van der Waals surface area contributed by atoms with Crippen molar-refractivity contribution in [3.63, 3.8) is 0 Å². The smallest absolute Gasteiger partial charge is 0.335 e. The highest BCUT2D eigenvalue weighted by molar-refractivity contribution is 6.30. The highest BCUT2D eigenvalue weighted by Gasteiger charge is 2.24. The molecule has 172 valence electrons. The maximum absolute atomic E-state index is 13.3. The molecule has 0 radical (unpaired) electrons. The summed E-state index contributed by atoms with van der Waals surface area (Å²) in [6.07, 6.45) is 1.93. The standard InChI is InChI=1S/C26H21ClN2O5/c27-19-7-3-17(4-8-19)15-29-10-9-20-23(29)21(13-22-24(20)34-12-11-33-22)25(30)28-14-16-1-5-18(6-2-16)26(31)32/h1-10,13H,11-12,14-15H2,(H,28,30)(H,31,32). The molecule has 2 heterocycles. The molecule has 4 aromatic rings. The summed E-state index contributed by atoms with van der Waals surface area (Å²) in [7, 11) is 0. The van der Waals surface area contributed by atoms with Gasteiger partial charge in [0.05, 0.1) is 16.6 Å². The van der Waals surface area contributed by atoms with Gasteiger partial charge in [0.2, 0.25) is 0 Å². The van der Waals surface area contributed by atoms with Crippen molar-refractivity contribution in [2.45, 2.75) is 13.1 Å². The van der Waals surface area contributed by atoms with Gasteiger partial charge in [-0.1, -0.05) is 35.9 Å². The molecule has 0 bridgehead atoms. The number of aromatic nitrogens is 1. The Morgan fingerprint density at radius 3 is 2.41 bits per heavy atom. The molecule has 0 unspecified atom stereocenters. The topological polar surface area (TPSA) is 89.8 Å². The quantitative estimate of drug-likeness (QED) is 0.419. The van der Waals surface area contributed by atoms with E-state index in [-0.39, 0.29) is 18.0 Å². The monoisotopic (exact) mass is 476 g/mol. The zero-order valence-corrected chi connectivity index (χ0v) is 18.8. The molecule has 1 aromatic heterocycles. The van der Waals surface area contributed by atoms with Gasteiger partial charge in [0.15, 0.2) is 11.5 Å². The van der Waals surface area contributed by atoms with E-state index in [9.17, 15) is 9.59 Å². The fourth-order valence-corrected chi connectivity index (χ4v) is 4.16. The molecule has 0 saturated heterocycles. The molecule has 1 amide bonds. The number of fused-ring (bicyclic) bond motifs is 3. The first-order valence-electron chi connectivity index (χ1n) is 10.8. The van der Waals surface area contributed by atoms with E-state index in [0.717, 1.165) is 22.0 Å². The van der Waals surface area contributed by atoms with Crippen molar-refractivity contribution in [1.82, 2.24) is 9.88 Å². The number of nitrogens with one attached hydrogen (secondary N) is 1. The van der Waals surface area contributed by atoms with Gasteiger partial charge in [0.1, 0.15) is 13.2 Å². The van der Waals surface area contributed by atoms with E-state index in [1.165, 1.54) is 12.1 Å². The van der Waals surface area contributed by atoms with Crippen LogP contribution in [0.4, 0.5) is 0 Å². The molecule has 1 aliphatic rings. The third kappa shape index (κ3) is 4.30. The lowest BCUT2D eigenvalue weighted by molar-refractivity contribution is 0.0696. The van der Waals surface area contributed by atoms with E-state index in [0.29, 0.717) is 41.8 Å². The van der Waals surface area contributed by atoms with E-state index >= 15 is 0 Å². The van der Waals surface area contributed by atoms with Gasteiger partial charge in [-0.2, -0.15) is 0 Å². The SMILES string of the molecule is O=C(O)c1ccc(CNC(=O)c2cc3c(c4ccn(Cc5ccc(Cl)cc5)c24)OCCO3)cc1. The molecule has 0 atom stereocenters. The molecule has 34 heavy (non-hydrogen) atoms. The first-order chi connectivity index (χ1) is 16.5. The number of hydrogen-bond donors (Lipinski definition) is 2. The third-order valence-corrected chi connectivity index (χ3v) is 5.97. The average molecular weight is 477 g/mol. The van der Waals surface area contributed by atoms with Crippen LogP contribution in [0.3, 0.4) is 0 Å². The number of halogens is 1. The molecule has 3 aromatic carbocycles. The summed E-state index contributed by atoms with van der Waals surface area (Å²) in [4.78, 5) is 24.4. The Bertz CT molecular complexity index is 1380. The minimum atomic E-state index is -0.990. The van der Waals surface area contributed by atoms with Gasteiger partial charge in [0, 0.05) is 29.7 Å². The van der Waals surface area contributed by atoms with E-state index in [4.69, 9.17) is 26.2 Å². The van der Waals surface area contributed by atoms with Crippen molar-refractivity contribution < 1.29 is 24.2 Å². The largest absolute Gasteiger partial charge is 0.486 e. The molecule has 8 heteroatoms. The van der Waals surface area contributed by atoms with Crippen molar-refractivity contribution in [3.8, 4) is 11.5 Å². The Hall–Kier alpha value is -3.97. The lowest BCUT2D eigenvalue weighted by Crippen LogP contribution is -2.24. The van der Waals surface area contributed by atoms with Gasteiger partial charge in [-0.05, 0) is 47.5 Å². The zero-order chi connectivity index (χ0) is 23.7. The molecule has 1 aliphatic heterocycles. The second kappa shape index (κ2) is 9.11. The number of carbonyl (C=O) groups excluding carboxylic acids is 1. The number of aromatic carboxylic acids is 1. The third-order valence-electron chi connectivity index (χ3n) is 5.71. The van der Waals surface area contributed by atoms with Crippen molar-refractivity contribution >= 4 is 34.4 Å². The molecule has 0 saturated carbocycles. The van der Waals surface area contributed by atoms with Crippen LogP contribution in [0.2, 0.25) is 5.02 Å². The molecule has 0 spiro atoms. The Kier molecular flexibility index (Phi) is 5.86. The number of carboxylic acids is 1. The van der Waals surface area contributed by atoms with Crippen molar-refractivity contribution in [3.05, 3.63) is 94.1 Å². The van der Waals surface area contributed by atoms with Gasteiger partial charge in [-0.3, -0.25) is 4.79 Å². The van der Waals surface area contributed by atoms with Crippen molar-refractivity contribution in [2.75, 3.05) is 13.2 Å². The Morgan fingerprint density at radius 1 is 0.971 bits per heavy atom. The number of rotatable bonds is 6. The molecular formula is C26H21ClN2O5. The molecule has 0 fully saturated rings. The lowest BCUT2D eigenvalue weighted by Gasteiger charge is -2.21. The van der Waals surface area contributed by atoms with E-state index in [1.54, 1.807) is 18.2 Å². The normalized spacial score (nSPS) is 12.5. The Balaban J connectivity index is 1.48. The van der Waals surface area contributed by atoms with Crippen LogP contribution in [-0.2, 0) is 13.1 Å². The second-order valence-electron chi connectivity index (χ2n) is 7.97. The van der Waals surface area contributed by atoms with E-state index in [1.807, 2.05) is 41.1 Å². The molecule has 2 N–H and O–H groups in total. The van der Waals surface area contributed by atoms with Crippen LogP contribution in [0.5, 0.6) is 11.5 Å². The first kappa shape index (κ1) is 21.9.